The van der Waals surface area contributed by atoms with Crippen molar-refractivity contribution in [2.75, 3.05) is 15.1 Å². The molecule has 0 heterocycles. The van der Waals surface area contributed by atoms with Crippen molar-refractivity contribution in [1.29, 1.82) is 0 Å². The minimum atomic E-state index is -0.876. The molecule has 0 aromatic heterocycles. The molecule has 0 spiro atoms. The van der Waals surface area contributed by atoms with Crippen molar-refractivity contribution in [2.45, 2.75) is 53.3 Å². The molecule has 0 unspecified atom stereocenters. The van der Waals surface area contributed by atoms with E-state index in [-0.39, 0.29) is 30.3 Å². The number of halogens is 1. The van der Waals surface area contributed by atoms with E-state index in [0.29, 0.717) is 21.4 Å². The fourth-order valence-electron chi connectivity index (χ4n) is 3.28. The summed E-state index contributed by atoms with van der Waals surface area (Å²) in [5, 5.41) is 10.8. The number of amides is 4. The second-order valence-electron chi connectivity index (χ2n) is 9.63. The number of anilines is 2. The number of alkyl halides is 1. The molecule has 2 rings (SSSR count). The summed E-state index contributed by atoms with van der Waals surface area (Å²) in [5.41, 5.74) is 2.19. The van der Waals surface area contributed by atoms with Gasteiger partial charge in [-0.1, -0.05) is 62.4 Å². The van der Waals surface area contributed by atoms with Crippen LogP contribution in [0.1, 0.15) is 50.5 Å². The maximum atomic E-state index is 13.0. The number of rotatable bonds is 12. The van der Waals surface area contributed by atoms with Crippen molar-refractivity contribution in [2.24, 2.45) is 11.8 Å². The lowest BCUT2D eigenvalue weighted by atomic mass is 10.0. The maximum absolute atomic E-state index is 13.0. The fraction of sp³-hybridized carbons (Fsp3) is 0.393. The number of esters is 1. The van der Waals surface area contributed by atoms with Gasteiger partial charge < -0.3 is 26.0 Å². The van der Waals surface area contributed by atoms with Gasteiger partial charge in [0.2, 0.25) is 17.7 Å². The molecule has 0 aliphatic heterocycles. The Morgan fingerprint density at radius 3 is 1.87 bits per heavy atom. The topological polar surface area (TPSA) is 143 Å². The normalized spacial score (nSPS) is 12.3. The van der Waals surface area contributed by atoms with Crippen molar-refractivity contribution in [1.82, 2.24) is 10.6 Å². The molecule has 2 aromatic rings. The van der Waals surface area contributed by atoms with E-state index in [9.17, 15) is 24.0 Å². The van der Waals surface area contributed by atoms with Gasteiger partial charge in [-0.15, -0.1) is 0 Å². The largest absolute Gasteiger partial charge is 0.461 e. The summed E-state index contributed by atoms with van der Waals surface area (Å²) in [6.45, 7) is 8.78. The van der Waals surface area contributed by atoms with Gasteiger partial charge in [0.25, 0.3) is 5.91 Å². The van der Waals surface area contributed by atoms with E-state index in [4.69, 9.17) is 4.74 Å². The summed E-state index contributed by atoms with van der Waals surface area (Å²) in [5.74, 6) is -2.27. The van der Waals surface area contributed by atoms with Gasteiger partial charge in [-0.2, -0.15) is 0 Å². The molecule has 2 atom stereocenters. The van der Waals surface area contributed by atoms with Crippen LogP contribution in [0.4, 0.5) is 11.4 Å². The van der Waals surface area contributed by atoms with Gasteiger partial charge in [-0.25, -0.2) is 0 Å². The molecule has 0 saturated heterocycles. The van der Waals surface area contributed by atoms with Crippen molar-refractivity contribution in [3.05, 3.63) is 59.7 Å². The molecule has 0 saturated carbocycles. The third-order valence-corrected chi connectivity index (χ3v) is 6.31. The molecule has 210 valence electrons. The van der Waals surface area contributed by atoms with Crippen LogP contribution in [0.15, 0.2) is 48.5 Å². The highest BCUT2D eigenvalue weighted by Gasteiger charge is 2.27. The number of hydrogen-bond acceptors (Lipinski definition) is 6. The quantitative estimate of drug-likeness (QED) is 0.157. The fourth-order valence-corrected chi connectivity index (χ4v) is 3.47. The van der Waals surface area contributed by atoms with Crippen LogP contribution in [0.2, 0.25) is 0 Å². The van der Waals surface area contributed by atoms with Crippen LogP contribution < -0.4 is 21.3 Å². The van der Waals surface area contributed by atoms with Crippen molar-refractivity contribution < 1.29 is 28.7 Å². The lowest BCUT2D eigenvalue weighted by Crippen LogP contribution is -2.53. The SMILES string of the molecule is CC(C)C(=O)OCc1ccc(NC(=O)[C@H](C)NC(=O)[C@@H](NC(=O)c2ccc(NC(=O)CI)cc2)C(C)C)cc1. The standard InChI is InChI=1S/C28H35IN4O6/c1-16(2)24(33-26(36)20-8-12-21(13-9-20)31-23(34)14-29)27(37)30-18(5)25(35)32-22-10-6-19(7-11-22)15-39-28(38)17(3)4/h6-13,16-18,24H,14-15H2,1-5H3,(H,30,37)(H,31,34)(H,32,35)(H,33,36)/t18-,24-/m0/s1. The minimum absolute atomic E-state index is 0.138. The molecule has 0 bridgehead atoms. The Morgan fingerprint density at radius 2 is 1.33 bits per heavy atom. The summed E-state index contributed by atoms with van der Waals surface area (Å²) in [6, 6.07) is 11.4. The number of nitrogens with one attached hydrogen (secondary N) is 4. The lowest BCUT2D eigenvalue weighted by molar-refractivity contribution is -0.148. The summed E-state index contributed by atoms with van der Waals surface area (Å²) in [4.78, 5) is 61.5. The molecular weight excluding hydrogens is 615 g/mol. The molecular formula is C28H35IN4O6. The van der Waals surface area contributed by atoms with Gasteiger partial charge in [0.15, 0.2) is 0 Å². The molecule has 2 aromatic carbocycles. The molecule has 0 radical (unpaired) electrons. The Bertz CT molecular complexity index is 1170. The van der Waals surface area contributed by atoms with Crippen LogP contribution in [0.25, 0.3) is 0 Å². The van der Waals surface area contributed by atoms with Crippen LogP contribution in [-0.2, 0) is 30.5 Å². The molecule has 11 heteroatoms. The highest BCUT2D eigenvalue weighted by atomic mass is 127. The first-order valence-electron chi connectivity index (χ1n) is 12.5. The van der Waals surface area contributed by atoms with Crippen LogP contribution in [-0.4, -0.2) is 46.1 Å². The van der Waals surface area contributed by atoms with E-state index >= 15 is 0 Å². The highest BCUT2D eigenvalue weighted by Crippen LogP contribution is 2.13. The number of ether oxygens (including phenoxy) is 1. The van der Waals surface area contributed by atoms with E-state index < -0.39 is 29.8 Å². The van der Waals surface area contributed by atoms with Crippen molar-refractivity contribution in [3.63, 3.8) is 0 Å². The first-order chi connectivity index (χ1) is 18.4. The first-order valence-corrected chi connectivity index (χ1v) is 14.1. The maximum Gasteiger partial charge on any atom is 0.308 e. The van der Waals surface area contributed by atoms with Gasteiger partial charge in [-0.3, -0.25) is 24.0 Å². The van der Waals surface area contributed by atoms with Crippen LogP contribution in [0.5, 0.6) is 0 Å². The Kier molecular flexibility index (Phi) is 12.4. The second-order valence-corrected chi connectivity index (χ2v) is 10.4. The molecule has 39 heavy (non-hydrogen) atoms. The minimum Gasteiger partial charge on any atom is -0.461 e. The van der Waals surface area contributed by atoms with Crippen molar-refractivity contribution in [3.8, 4) is 0 Å². The van der Waals surface area contributed by atoms with Crippen molar-refractivity contribution >= 4 is 63.6 Å². The number of benzene rings is 2. The molecule has 0 aliphatic carbocycles. The van der Waals surface area contributed by atoms with Crippen LogP contribution >= 0.6 is 22.6 Å². The molecule has 10 nitrogen and oxygen atoms in total. The predicted molar refractivity (Wildman–Crippen MR) is 157 cm³/mol. The van der Waals surface area contributed by atoms with Crippen LogP contribution in [0, 0.1) is 11.8 Å². The molecule has 4 amide bonds. The number of hydrogen-bond donors (Lipinski definition) is 4. The molecule has 4 N–H and O–H groups in total. The highest BCUT2D eigenvalue weighted by molar-refractivity contribution is 14.1. The van der Waals surface area contributed by atoms with E-state index in [1.54, 1.807) is 83.1 Å². The zero-order valence-corrected chi connectivity index (χ0v) is 24.8. The Labute approximate surface area is 242 Å². The monoisotopic (exact) mass is 650 g/mol. The number of carbonyl (C=O) groups is 5. The van der Waals surface area contributed by atoms with E-state index in [1.165, 1.54) is 0 Å². The average molecular weight is 651 g/mol. The smallest absolute Gasteiger partial charge is 0.308 e. The Morgan fingerprint density at radius 1 is 0.769 bits per heavy atom. The second kappa shape index (κ2) is 15.2. The zero-order valence-electron chi connectivity index (χ0n) is 22.7. The summed E-state index contributed by atoms with van der Waals surface area (Å²) in [7, 11) is 0. The van der Waals surface area contributed by atoms with Gasteiger partial charge in [0.05, 0.1) is 10.3 Å². The van der Waals surface area contributed by atoms with E-state index in [0.717, 1.165) is 5.56 Å². The number of carbonyl (C=O) groups excluding carboxylic acids is 5. The predicted octanol–water partition coefficient (Wildman–Crippen LogP) is 3.66. The van der Waals surface area contributed by atoms with E-state index in [1.807, 2.05) is 22.6 Å². The first kappa shape index (κ1) is 31.7. The third kappa shape index (κ3) is 10.3. The summed E-state index contributed by atoms with van der Waals surface area (Å²) in [6.07, 6.45) is 0. The zero-order chi connectivity index (χ0) is 29.1. The Balaban J connectivity index is 1.93. The van der Waals surface area contributed by atoms with Gasteiger partial charge in [0, 0.05) is 16.9 Å². The summed E-state index contributed by atoms with van der Waals surface area (Å²) >= 11 is 1.95. The van der Waals surface area contributed by atoms with Gasteiger partial charge in [0.1, 0.15) is 18.7 Å². The average Bonchev–Trinajstić information content (AvgIpc) is 2.90. The lowest BCUT2D eigenvalue weighted by Gasteiger charge is -2.24. The molecule has 0 aliphatic rings. The van der Waals surface area contributed by atoms with E-state index in [2.05, 4.69) is 21.3 Å². The summed E-state index contributed by atoms with van der Waals surface area (Å²) < 4.78 is 5.50. The van der Waals surface area contributed by atoms with Crippen LogP contribution in [0.3, 0.4) is 0 Å². The third-order valence-electron chi connectivity index (χ3n) is 5.61. The molecule has 0 fully saturated rings. The van der Waals surface area contributed by atoms with Gasteiger partial charge in [-0.05, 0) is 54.8 Å². The Hall–Kier alpha value is -3.48. The van der Waals surface area contributed by atoms with Gasteiger partial charge >= 0.3 is 5.97 Å².